The minimum absolute atomic E-state index is 0.0509. The quantitative estimate of drug-likeness (QED) is 0.318. The number of fused-ring (bicyclic) bond motifs is 1. The Balaban J connectivity index is 1.51. The largest absolute Gasteiger partial charge is 0.481 e. The molecule has 0 saturated heterocycles. The highest BCUT2D eigenvalue weighted by molar-refractivity contribution is 6.29. The molecule has 1 fully saturated rings. The second-order valence-electron chi connectivity index (χ2n) is 13.4. The van der Waals surface area contributed by atoms with Gasteiger partial charge in [-0.2, -0.15) is 0 Å². The maximum Gasteiger partial charge on any atom is 0.305 e. The number of carboxylic acid groups (broad SMARTS) is 1. The molecule has 8 heteroatoms. The van der Waals surface area contributed by atoms with Crippen LogP contribution in [0.2, 0.25) is 0 Å². The Bertz CT molecular complexity index is 1380. The van der Waals surface area contributed by atoms with Gasteiger partial charge in [0.05, 0.1) is 11.8 Å². The van der Waals surface area contributed by atoms with Gasteiger partial charge in [-0.25, -0.2) is 0 Å². The van der Waals surface area contributed by atoms with Crippen molar-refractivity contribution in [2.75, 3.05) is 11.9 Å². The molecule has 1 unspecified atom stereocenters. The van der Waals surface area contributed by atoms with Crippen LogP contribution in [0.1, 0.15) is 103 Å². The molecule has 224 valence electrons. The normalized spacial score (nSPS) is 20.5. The van der Waals surface area contributed by atoms with E-state index in [1.165, 1.54) is 0 Å². The standard InChI is InChI=1S/C34H42N2O6/c1-33(2,3)23-12-10-21(11-13-23)26(18-20-6-8-22(9-7-20)31(41)35-17-16-28(37)38)32(42)36-24-14-15-25-27(19-24)30(40)34(4,5)29(25)39/h6-9,14-15,19,21,23,26H,10-13,16-18H2,1-5H3,(H,35,41)(H,36,42)(H,37,38). The zero-order valence-electron chi connectivity index (χ0n) is 25.2. The van der Waals surface area contributed by atoms with Gasteiger partial charge in [0.25, 0.3) is 5.91 Å². The van der Waals surface area contributed by atoms with Crippen molar-refractivity contribution in [1.29, 1.82) is 0 Å². The summed E-state index contributed by atoms with van der Waals surface area (Å²) in [5, 5.41) is 14.4. The molecule has 3 N–H and O–H groups in total. The number of ketones is 2. The molecule has 0 heterocycles. The Morgan fingerprint density at radius 2 is 1.55 bits per heavy atom. The van der Waals surface area contributed by atoms with Crippen LogP contribution in [0.5, 0.6) is 0 Å². The molecule has 2 aliphatic carbocycles. The number of amides is 2. The van der Waals surface area contributed by atoms with Gasteiger partial charge >= 0.3 is 5.97 Å². The van der Waals surface area contributed by atoms with Gasteiger partial charge < -0.3 is 15.7 Å². The second kappa shape index (κ2) is 12.2. The summed E-state index contributed by atoms with van der Waals surface area (Å²) in [6.07, 6.45) is 4.33. The summed E-state index contributed by atoms with van der Waals surface area (Å²) < 4.78 is 0. The van der Waals surface area contributed by atoms with Gasteiger partial charge in [0, 0.05) is 34.8 Å². The molecule has 42 heavy (non-hydrogen) atoms. The number of hydrogen-bond acceptors (Lipinski definition) is 5. The van der Waals surface area contributed by atoms with Crippen LogP contribution in [0.3, 0.4) is 0 Å². The predicted octanol–water partition coefficient (Wildman–Crippen LogP) is 5.95. The second-order valence-corrected chi connectivity index (χ2v) is 13.4. The first-order chi connectivity index (χ1) is 19.7. The Hall–Kier alpha value is -3.81. The average Bonchev–Trinajstić information content (AvgIpc) is 3.10. The third-order valence-corrected chi connectivity index (χ3v) is 9.11. The van der Waals surface area contributed by atoms with Gasteiger partial charge in [0.1, 0.15) is 0 Å². The molecule has 2 aromatic carbocycles. The maximum absolute atomic E-state index is 13.8. The molecule has 0 aliphatic heterocycles. The number of nitrogens with one attached hydrogen (secondary N) is 2. The number of hydrogen-bond donors (Lipinski definition) is 3. The summed E-state index contributed by atoms with van der Waals surface area (Å²) in [6.45, 7) is 10.1. The van der Waals surface area contributed by atoms with E-state index in [9.17, 15) is 24.0 Å². The lowest BCUT2D eigenvalue weighted by atomic mass is 9.66. The van der Waals surface area contributed by atoms with Gasteiger partial charge in [-0.1, -0.05) is 32.9 Å². The molecule has 0 bridgehead atoms. The fourth-order valence-electron chi connectivity index (χ4n) is 6.31. The number of carbonyl (C=O) groups is 5. The highest BCUT2D eigenvalue weighted by atomic mass is 16.4. The fourth-order valence-corrected chi connectivity index (χ4v) is 6.31. The molecule has 0 spiro atoms. The van der Waals surface area contributed by atoms with Crippen molar-refractivity contribution in [3.05, 3.63) is 64.7 Å². The number of carboxylic acids is 1. The van der Waals surface area contributed by atoms with E-state index in [2.05, 4.69) is 31.4 Å². The summed E-state index contributed by atoms with van der Waals surface area (Å²) in [7, 11) is 0. The lowest BCUT2D eigenvalue weighted by Gasteiger charge is -2.39. The van der Waals surface area contributed by atoms with E-state index in [4.69, 9.17) is 5.11 Å². The Kier molecular flexibility index (Phi) is 9.04. The van der Waals surface area contributed by atoms with Gasteiger partial charge in [0.15, 0.2) is 11.6 Å². The fraction of sp³-hybridized carbons (Fsp3) is 0.500. The van der Waals surface area contributed by atoms with Crippen molar-refractivity contribution in [3.63, 3.8) is 0 Å². The minimum atomic E-state index is -1.10. The molecule has 2 amide bonds. The minimum Gasteiger partial charge on any atom is -0.481 e. The first-order valence-corrected chi connectivity index (χ1v) is 14.8. The molecular formula is C34H42N2O6. The molecule has 0 aromatic heterocycles. The zero-order valence-corrected chi connectivity index (χ0v) is 25.2. The maximum atomic E-state index is 13.8. The molecule has 1 atom stereocenters. The third kappa shape index (κ3) is 6.80. The van der Waals surface area contributed by atoms with Crippen molar-refractivity contribution in [2.24, 2.45) is 28.6 Å². The van der Waals surface area contributed by atoms with E-state index in [1.54, 1.807) is 44.2 Å². The van der Waals surface area contributed by atoms with Gasteiger partial charge in [-0.15, -0.1) is 0 Å². The summed E-state index contributed by atoms with van der Waals surface area (Å²) in [5.41, 5.74) is 1.71. The summed E-state index contributed by atoms with van der Waals surface area (Å²) in [6, 6.07) is 12.0. The Labute approximate surface area is 247 Å². The van der Waals surface area contributed by atoms with Crippen molar-refractivity contribution >= 4 is 35.0 Å². The molecule has 1 saturated carbocycles. The predicted molar refractivity (Wildman–Crippen MR) is 161 cm³/mol. The van der Waals surface area contributed by atoms with Crippen LogP contribution in [-0.4, -0.2) is 41.0 Å². The monoisotopic (exact) mass is 574 g/mol. The van der Waals surface area contributed by atoms with Crippen LogP contribution in [0.25, 0.3) is 0 Å². The van der Waals surface area contributed by atoms with E-state index >= 15 is 0 Å². The van der Waals surface area contributed by atoms with E-state index in [0.29, 0.717) is 34.7 Å². The Morgan fingerprint density at radius 1 is 0.929 bits per heavy atom. The number of aliphatic carboxylic acids is 1. The third-order valence-electron chi connectivity index (χ3n) is 9.11. The SMILES string of the molecule is CC1(C)C(=O)c2ccc(NC(=O)C(Cc3ccc(C(=O)NCCC(=O)O)cc3)C3CCC(C(C)(C)C)CC3)cc2C1=O. The number of Topliss-reactive ketones (excluding diaryl/α,β-unsaturated/α-hetero) is 2. The molecule has 2 aromatic rings. The first kappa shape index (κ1) is 31.1. The zero-order chi connectivity index (χ0) is 30.8. The number of benzene rings is 2. The van der Waals surface area contributed by atoms with Gasteiger partial charge in [-0.3, -0.25) is 24.0 Å². The van der Waals surface area contributed by atoms with Crippen molar-refractivity contribution in [3.8, 4) is 0 Å². The van der Waals surface area contributed by atoms with Crippen LogP contribution in [0, 0.1) is 28.6 Å². The number of anilines is 1. The molecule has 8 nitrogen and oxygen atoms in total. The van der Waals surface area contributed by atoms with Crippen LogP contribution in [0.4, 0.5) is 5.69 Å². The molecule has 0 radical (unpaired) electrons. The first-order valence-electron chi connectivity index (χ1n) is 14.8. The number of rotatable bonds is 9. The van der Waals surface area contributed by atoms with Crippen LogP contribution < -0.4 is 10.6 Å². The average molecular weight is 575 g/mol. The van der Waals surface area contributed by atoms with Crippen LogP contribution in [0.15, 0.2) is 42.5 Å². The number of carbonyl (C=O) groups excluding carboxylic acids is 4. The highest BCUT2D eigenvalue weighted by Crippen LogP contribution is 2.43. The highest BCUT2D eigenvalue weighted by Gasteiger charge is 2.45. The summed E-state index contributed by atoms with van der Waals surface area (Å²) >= 11 is 0. The molecular weight excluding hydrogens is 532 g/mol. The van der Waals surface area contributed by atoms with Gasteiger partial charge in [-0.05, 0) is 99.1 Å². The lowest BCUT2D eigenvalue weighted by molar-refractivity contribution is -0.136. The Morgan fingerprint density at radius 3 is 2.14 bits per heavy atom. The van der Waals surface area contributed by atoms with E-state index in [-0.39, 0.29) is 53.6 Å². The summed E-state index contributed by atoms with van der Waals surface area (Å²) in [5.74, 6) is -1.42. The van der Waals surface area contributed by atoms with Crippen molar-refractivity contribution < 1.29 is 29.1 Å². The van der Waals surface area contributed by atoms with Crippen molar-refractivity contribution in [2.45, 2.75) is 73.1 Å². The van der Waals surface area contributed by atoms with E-state index in [1.807, 2.05) is 12.1 Å². The topological polar surface area (TPSA) is 130 Å². The van der Waals surface area contributed by atoms with Crippen LogP contribution in [-0.2, 0) is 16.0 Å². The molecule has 2 aliphatic rings. The van der Waals surface area contributed by atoms with Gasteiger partial charge in [0.2, 0.25) is 5.91 Å². The van der Waals surface area contributed by atoms with Crippen molar-refractivity contribution in [1.82, 2.24) is 5.32 Å². The molecule has 4 rings (SSSR count). The summed E-state index contributed by atoms with van der Waals surface area (Å²) in [4.78, 5) is 62.5. The van der Waals surface area contributed by atoms with E-state index in [0.717, 1.165) is 31.2 Å². The van der Waals surface area contributed by atoms with E-state index < -0.39 is 11.4 Å². The van der Waals surface area contributed by atoms with Crippen LogP contribution >= 0.6 is 0 Å². The smallest absolute Gasteiger partial charge is 0.305 e. The lowest BCUT2D eigenvalue weighted by Crippen LogP contribution is -2.35.